The van der Waals surface area contributed by atoms with Gasteiger partial charge in [0.25, 0.3) is 5.91 Å². The van der Waals surface area contributed by atoms with E-state index in [2.05, 4.69) is 14.7 Å². The molecule has 4 rings (SSSR count). The highest BCUT2D eigenvalue weighted by atomic mass is 32.2. The van der Waals surface area contributed by atoms with Crippen molar-refractivity contribution in [2.45, 2.75) is 4.90 Å². The molecule has 0 unspecified atom stereocenters. The van der Waals surface area contributed by atoms with Crippen LogP contribution in [0.3, 0.4) is 0 Å². The van der Waals surface area contributed by atoms with Crippen molar-refractivity contribution in [1.29, 1.82) is 0 Å². The van der Waals surface area contributed by atoms with Crippen LogP contribution >= 0.6 is 11.9 Å². The summed E-state index contributed by atoms with van der Waals surface area (Å²) in [6, 6.07) is 11.8. The molecule has 21 heavy (non-hydrogen) atoms. The number of hydrogen-bond acceptors (Lipinski definition) is 3. The Bertz CT molecular complexity index is 882. The van der Waals surface area contributed by atoms with E-state index in [1.807, 2.05) is 48.7 Å². The van der Waals surface area contributed by atoms with Gasteiger partial charge in [-0.2, -0.15) is 0 Å². The van der Waals surface area contributed by atoms with Crippen LogP contribution in [0, 0.1) is 0 Å². The summed E-state index contributed by atoms with van der Waals surface area (Å²) in [6.07, 6.45) is 5.49. The summed E-state index contributed by atoms with van der Waals surface area (Å²) < 4.78 is 2.82. The zero-order chi connectivity index (χ0) is 14.2. The molecule has 0 aliphatic carbocycles. The van der Waals surface area contributed by atoms with Crippen molar-refractivity contribution in [2.75, 3.05) is 0 Å². The molecule has 0 radical (unpaired) electrons. The van der Waals surface area contributed by atoms with Crippen LogP contribution in [0.25, 0.3) is 22.6 Å². The molecule has 0 fully saturated rings. The van der Waals surface area contributed by atoms with Crippen molar-refractivity contribution in [3.05, 3.63) is 60.0 Å². The first kappa shape index (κ1) is 12.2. The predicted molar refractivity (Wildman–Crippen MR) is 84.4 cm³/mol. The maximum atomic E-state index is 12.1. The number of carbonyl (C=O) groups excluding carboxylic acids is 1. The molecular formula is C16H11N3OS. The van der Waals surface area contributed by atoms with E-state index in [4.69, 9.17) is 0 Å². The molecule has 3 aromatic rings. The van der Waals surface area contributed by atoms with E-state index in [1.54, 1.807) is 6.20 Å². The van der Waals surface area contributed by atoms with Gasteiger partial charge in [0.15, 0.2) is 0 Å². The van der Waals surface area contributed by atoms with Gasteiger partial charge in [0.1, 0.15) is 0 Å². The standard InChI is InChI=1S/C16H11N3OS/c20-16-13(12-3-1-2-4-15(12)21-19-16)8-11-7-10-5-6-17-14(10)9-18-11/h1-9,17H,(H,19,20). The topological polar surface area (TPSA) is 57.8 Å². The number of hydrogen-bond donors (Lipinski definition) is 2. The van der Waals surface area contributed by atoms with E-state index >= 15 is 0 Å². The lowest BCUT2D eigenvalue weighted by Crippen LogP contribution is -2.21. The fourth-order valence-corrected chi connectivity index (χ4v) is 3.14. The Hall–Kier alpha value is -2.53. The number of aromatic amines is 1. The first-order chi connectivity index (χ1) is 10.3. The minimum atomic E-state index is -0.0883. The average molecular weight is 293 g/mol. The maximum absolute atomic E-state index is 12.1. The third-order valence-electron chi connectivity index (χ3n) is 3.43. The predicted octanol–water partition coefficient (Wildman–Crippen LogP) is 3.24. The van der Waals surface area contributed by atoms with Gasteiger partial charge in [-0.25, -0.2) is 0 Å². The molecule has 0 atom stereocenters. The molecule has 1 aliphatic rings. The molecule has 0 saturated carbocycles. The summed E-state index contributed by atoms with van der Waals surface area (Å²) in [5, 5.41) is 1.08. The molecule has 0 spiro atoms. The molecule has 3 heterocycles. The summed E-state index contributed by atoms with van der Waals surface area (Å²) in [5.74, 6) is -0.0883. The fourth-order valence-electron chi connectivity index (χ4n) is 2.39. The molecule has 102 valence electrons. The summed E-state index contributed by atoms with van der Waals surface area (Å²) in [6.45, 7) is 0. The number of benzene rings is 1. The zero-order valence-electron chi connectivity index (χ0n) is 11.0. The van der Waals surface area contributed by atoms with Crippen LogP contribution in [0.15, 0.2) is 53.7 Å². The summed E-state index contributed by atoms with van der Waals surface area (Å²) in [7, 11) is 0. The van der Waals surface area contributed by atoms with Gasteiger partial charge >= 0.3 is 0 Å². The monoisotopic (exact) mass is 293 g/mol. The van der Waals surface area contributed by atoms with Crippen molar-refractivity contribution in [3.63, 3.8) is 0 Å². The second-order valence-electron chi connectivity index (χ2n) is 4.76. The molecule has 0 saturated heterocycles. The molecule has 4 nitrogen and oxygen atoms in total. The number of pyridine rings is 1. The first-order valence-corrected chi connectivity index (χ1v) is 7.34. The Kier molecular flexibility index (Phi) is 2.79. The molecule has 2 aromatic heterocycles. The van der Waals surface area contributed by atoms with Gasteiger partial charge in [0.05, 0.1) is 23.0 Å². The number of fused-ring (bicyclic) bond motifs is 2. The number of H-pyrrole nitrogens is 1. The fraction of sp³-hybridized carbons (Fsp3) is 0. The third-order valence-corrected chi connectivity index (χ3v) is 4.29. The van der Waals surface area contributed by atoms with Gasteiger partial charge < -0.3 is 4.98 Å². The maximum Gasteiger partial charge on any atom is 0.262 e. The second kappa shape index (κ2) is 4.79. The average Bonchev–Trinajstić information content (AvgIpc) is 2.98. The molecule has 2 N–H and O–H groups in total. The lowest BCUT2D eigenvalue weighted by molar-refractivity contribution is -0.113. The van der Waals surface area contributed by atoms with E-state index in [0.717, 1.165) is 27.1 Å². The van der Waals surface area contributed by atoms with Crippen LogP contribution in [0.1, 0.15) is 11.3 Å². The van der Waals surface area contributed by atoms with Crippen LogP contribution in [0.4, 0.5) is 0 Å². The van der Waals surface area contributed by atoms with Crippen molar-refractivity contribution in [2.24, 2.45) is 0 Å². The number of nitrogens with one attached hydrogen (secondary N) is 2. The third kappa shape index (κ3) is 2.11. The van der Waals surface area contributed by atoms with Crippen molar-refractivity contribution < 1.29 is 4.79 Å². The Morgan fingerprint density at radius 1 is 1.19 bits per heavy atom. The van der Waals surface area contributed by atoms with Gasteiger partial charge in [-0.05, 0) is 36.2 Å². The van der Waals surface area contributed by atoms with Crippen LogP contribution < -0.4 is 4.72 Å². The Morgan fingerprint density at radius 3 is 3.05 bits per heavy atom. The lowest BCUT2D eigenvalue weighted by atomic mass is 10.0. The summed E-state index contributed by atoms with van der Waals surface area (Å²) in [4.78, 5) is 20.7. The van der Waals surface area contributed by atoms with Crippen molar-refractivity contribution in [1.82, 2.24) is 14.7 Å². The number of carbonyl (C=O) groups is 1. The Morgan fingerprint density at radius 2 is 2.10 bits per heavy atom. The smallest absolute Gasteiger partial charge is 0.262 e. The van der Waals surface area contributed by atoms with Crippen LogP contribution in [-0.4, -0.2) is 15.9 Å². The molecule has 1 amide bonds. The van der Waals surface area contributed by atoms with Crippen LogP contribution in [0.5, 0.6) is 0 Å². The quantitative estimate of drug-likeness (QED) is 0.535. The minimum absolute atomic E-state index is 0.0883. The van der Waals surface area contributed by atoms with E-state index < -0.39 is 0 Å². The summed E-state index contributed by atoms with van der Waals surface area (Å²) in [5.41, 5.74) is 3.35. The minimum Gasteiger partial charge on any atom is -0.360 e. The van der Waals surface area contributed by atoms with Gasteiger partial charge in [-0.3, -0.25) is 14.5 Å². The van der Waals surface area contributed by atoms with Gasteiger partial charge in [0, 0.05) is 22.0 Å². The van der Waals surface area contributed by atoms with E-state index in [0.29, 0.717) is 5.57 Å². The summed E-state index contributed by atoms with van der Waals surface area (Å²) >= 11 is 1.35. The Balaban J connectivity index is 1.85. The van der Waals surface area contributed by atoms with Crippen molar-refractivity contribution in [3.8, 4) is 0 Å². The second-order valence-corrected chi connectivity index (χ2v) is 5.61. The number of nitrogens with zero attached hydrogens (tertiary/aromatic N) is 1. The van der Waals surface area contributed by atoms with Crippen LogP contribution in [0.2, 0.25) is 0 Å². The molecule has 0 bridgehead atoms. The van der Waals surface area contributed by atoms with E-state index in [-0.39, 0.29) is 5.91 Å². The zero-order valence-corrected chi connectivity index (χ0v) is 11.8. The molecule has 1 aliphatic heterocycles. The van der Waals surface area contributed by atoms with E-state index in [9.17, 15) is 4.79 Å². The molecular weight excluding hydrogens is 282 g/mol. The van der Waals surface area contributed by atoms with Crippen LogP contribution in [-0.2, 0) is 4.79 Å². The lowest BCUT2D eigenvalue weighted by Gasteiger charge is -2.18. The van der Waals surface area contributed by atoms with Gasteiger partial charge in [0.2, 0.25) is 0 Å². The molecule has 5 heteroatoms. The number of rotatable bonds is 1. The Labute approximate surface area is 125 Å². The number of amides is 1. The van der Waals surface area contributed by atoms with E-state index in [1.165, 1.54) is 11.9 Å². The molecule has 1 aromatic carbocycles. The SMILES string of the molecule is O=C1NSc2ccccc2C1=Cc1cc2cc[nH]c2cn1. The largest absolute Gasteiger partial charge is 0.360 e. The highest BCUT2D eigenvalue weighted by molar-refractivity contribution is 7.98. The van der Waals surface area contributed by atoms with Gasteiger partial charge in [-0.1, -0.05) is 18.2 Å². The number of aromatic nitrogens is 2. The normalized spacial score (nSPS) is 16.0. The first-order valence-electron chi connectivity index (χ1n) is 6.53. The van der Waals surface area contributed by atoms with Gasteiger partial charge in [-0.15, -0.1) is 0 Å². The highest BCUT2D eigenvalue weighted by Crippen LogP contribution is 2.32. The van der Waals surface area contributed by atoms with Crippen molar-refractivity contribution >= 4 is 40.4 Å². The highest BCUT2D eigenvalue weighted by Gasteiger charge is 2.21.